The summed E-state index contributed by atoms with van der Waals surface area (Å²) in [4.78, 5) is 52.2. The molecule has 2 aromatic rings. The van der Waals surface area contributed by atoms with Gasteiger partial charge in [0.15, 0.2) is 24.3 Å². The fourth-order valence-corrected chi connectivity index (χ4v) is 6.59. The van der Waals surface area contributed by atoms with Crippen LogP contribution in [0.25, 0.3) is 11.2 Å². The Kier molecular flexibility index (Phi) is 7.26. The molecule has 6 unspecified atom stereocenters. The van der Waals surface area contributed by atoms with E-state index in [1.807, 2.05) is 0 Å². The second kappa shape index (κ2) is 9.56. The number of phosphoric acid groups is 3. The number of hydrazone groups is 1. The minimum absolute atomic E-state index is 0.0664. The Morgan fingerprint density at radius 1 is 1.08 bits per heavy atom. The molecule has 1 saturated heterocycles. The Balaban J connectivity index is 1.45. The van der Waals surface area contributed by atoms with Crippen molar-refractivity contribution in [2.45, 2.75) is 37.9 Å². The Morgan fingerprint density at radius 3 is 2.42 bits per heavy atom. The predicted molar refractivity (Wildman–Crippen MR) is 106 cm³/mol. The quantitative estimate of drug-likeness (QED) is 0.213. The molecule has 0 spiro atoms. The number of nitrogens with zero attached hydrogens (tertiary/aromatic N) is 6. The molecule has 22 heteroatoms. The van der Waals surface area contributed by atoms with E-state index in [0.717, 1.165) is 0 Å². The normalized spacial score (nSPS) is 27.7. The zero-order chi connectivity index (χ0) is 26.6. The van der Waals surface area contributed by atoms with Crippen molar-refractivity contribution in [1.29, 1.82) is 0 Å². The number of ether oxygens (including phenoxy) is 1. The van der Waals surface area contributed by atoms with Crippen molar-refractivity contribution in [3.63, 3.8) is 0 Å². The molecule has 0 bridgehead atoms. The van der Waals surface area contributed by atoms with Gasteiger partial charge in [0.2, 0.25) is 5.52 Å². The lowest BCUT2D eigenvalue weighted by Crippen LogP contribution is -2.44. The van der Waals surface area contributed by atoms with Crippen molar-refractivity contribution in [3.05, 3.63) is 12.7 Å². The summed E-state index contributed by atoms with van der Waals surface area (Å²) in [6.07, 6.45) is -2.83. The van der Waals surface area contributed by atoms with Crippen LogP contribution in [0.15, 0.2) is 17.8 Å². The van der Waals surface area contributed by atoms with Crippen molar-refractivity contribution in [1.82, 2.24) is 14.5 Å². The maximum absolute atomic E-state index is 11.7. The molecule has 4 rings (SSSR count). The smallest absolute Gasteiger partial charge is 0.307 e. The zero-order valence-electron chi connectivity index (χ0n) is 18.3. The lowest BCUT2D eigenvalue weighted by atomic mass is 10.1. The van der Waals surface area contributed by atoms with Crippen LogP contribution >= 0.6 is 23.5 Å². The van der Waals surface area contributed by atoms with Gasteiger partial charge < -0.3 is 43.6 Å². The first-order chi connectivity index (χ1) is 16.6. The molecule has 0 amide bonds. The number of anilines is 1. The van der Waals surface area contributed by atoms with Gasteiger partial charge in [0, 0.05) is 14.0 Å². The Hall–Kier alpha value is -1.69. The number of hydrogen-bond donors (Lipinski definition) is 2. The number of hydrogen-bond acceptors (Lipinski definition) is 17. The summed E-state index contributed by atoms with van der Waals surface area (Å²) in [5, 5.41) is 26.6. The third kappa shape index (κ3) is 5.74. The number of phosphoric ester groups is 1. The number of imidazole rings is 1. The molecule has 2 aromatic heterocycles. The lowest BCUT2D eigenvalue weighted by Gasteiger charge is -2.37. The van der Waals surface area contributed by atoms with Crippen LogP contribution in [-0.2, 0) is 38.1 Å². The molecular weight excluding hydrogens is 553 g/mol. The first kappa shape index (κ1) is 27.3. The summed E-state index contributed by atoms with van der Waals surface area (Å²) in [5.74, 6) is 1.11. The molecule has 0 aliphatic carbocycles. The highest BCUT2D eigenvalue weighted by Crippen LogP contribution is 2.60. The van der Waals surface area contributed by atoms with Crippen LogP contribution in [0.1, 0.15) is 6.92 Å². The van der Waals surface area contributed by atoms with Gasteiger partial charge in [-0.15, -0.1) is 5.10 Å². The summed E-state index contributed by atoms with van der Waals surface area (Å²) >= 11 is 0. The molecule has 200 valence electrons. The van der Waals surface area contributed by atoms with E-state index in [-0.39, 0.29) is 6.54 Å². The third-order valence-corrected chi connectivity index (χ3v) is 8.80. The van der Waals surface area contributed by atoms with E-state index in [4.69, 9.17) is 4.74 Å². The largest absolute Gasteiger partial charge is 0.790 e. The van der Waals surface area contributed by atoms with Gasteiger partial charge >= 0.3 is 5.65 Å². The molecule has 6 atom stereocenters. The Bertz CT molecular complexity index is 1350. The summed E-state index contributed by atoms with van der Waals surface area (Å²) < 4.78 is 53.0. The van der Waals surface area contributed by atoms with Gasteiger partial charge in [-0.05, 0) is 0 Å². The molecule has 0 radical (unpaired) electrons. The minimum atomic E-state index is -6.14. The molecule has 2 aliphatic rings. The predicted octanol–water partition coefficient (Wildman–Crippen LogP) is -4.35. The second-order valence-corrected chi connectivity index (χ2v) is 11.9. The number of rotatable bonds is 9. The molecule has 0 saturated carbocycles. The highest BCUT2D eigenvalue weighted by molar-refractivity contribution is 7.64. The molecule has 1 fully saturated rings. The lowest BCUT2D eigenvalue weighted by molar-refractivity contribution is -0.681. The van der Waals surface area contributed by atoms with Crippen molar-refractivity contribution in [3.8, 4) is 0 Å². The van der Waals surface area contributed by atoms with Crippen molar-refractivity contribution in [2.75, 3.05) is 18.7 Å². The van der Waals surface area contributed by atoms with Crippen LogP contribution in [0.3, 0.4) is 0 Å². The fourth-order valence-electron chi connectivity index (χ4n) is 3.72. The molecule has 19 nitrogen and oxygen atoms in total. The average molecular weight is 571 g/mol. The van der Waals surface area contributed by atoms with Crippen LogP contribution in [0, 0.1) is 0 Å². The molecular formula is C14H18N6O13P3-3. The van der Waals surface area contributed by atoms with Crippen molar-refractivity contribution >= 4 is 46.3 Å². The van der Waals surface area contributed by atoms with Gasteiger partial charge in [-0.3, -0.25) is 13.4 Å². The van der Waals surface area contributed by atoms with E-state index < -0.39 is 54.5 Å². The number of aliphatic hydroxyl groups excluding tert-OH is 2. The first-order valence-corrected chi connectivity index (χ1v) is 14.2. The minimum Gasteiger partial charge on any atom is -0.790 e. The number of aliphatic hydroxyl groups is 2. The SMILES string of the molecule is CC1=NN(C)c2ncnc3c2n1c[n+]3CC1OC(COP(=O)([O-])OP(=O)([O-])OP(=O)([O-])[O-])C(O)C1O. The van der Waals surface area contributed by atoms with E-state index >= 15 is 0 Å². The monoisotopic (exact) mass is 571 g/mol. The van der Waals surface area contributed by atoms with E-state index in [1.165, 1.54) is 6.33 Å². The van der Waals surface area contributed by atoms with Crippen LogP contribution in [0.4, 0.5) is 5.82 Å². The average Bonchev–Trinajstić information content (AvgIpc) is 3.22. The highest BCUT2D eigenvalue weighted by Gasteiger charge is 2.45. The highest BCUT2D eigenvalue weighted by atomic mass is 31.3. The standard InChI is InChI=1S/C14H21N6O13P3/c1-7-17-18(2)13-10-14(16-5-15-13)19(6-20(7)10)3-8-11(21)12(22)9(31-8)4-30-35(26,27)33-36(28,29)32-34(23,24)25/h5-6,8-9,11-12,21-22H,3-4H2,1-2H3,(H3-,23,24,25,26,27,28,29)/p-3. The summed E-state index contributed by atoms with van der Waals surface area (Å²) in [6, 6.07) is 0. The first-order valence-electron chi connectivity index (χ1n) is 9.85. The van der Waals surface area contributed by atoms with E-state index in [9.17, 15) is 43.5 Å². The molecule has 36 heavy (non-hydrogen) atoms. The Labute approximate surface area is 201 Å². The summed E-state index contributed by atoms with van der Waals surface area (Å²) in [5.41, 5.74) is 1.07. The van der Waals surface area contributed by atoms with Gasteiger partial charge in [0.1, 0.15) is 31.0 Å². The second-order valence-electron chi connectivity index (χ2n) is 7.67. The zero-order valence-corrected chi connectivity index (χ0v) is 21.0. The summed E-state index contributed by atoms with van der Waals surface area (Å²) in [6.45, 7) is 0.649. The van der Waals surface area contributed by atoms with E-state index in [2.05, 4.69) is 28.2 Å². The maximum atomic E-state index is 11.7. The topological polar surface area (TPSA) is 271 Å². The molecule has 4 heterocycles. The third-order valence-electron chi connectivity index (χ3n) is 5.14. The fraction of sp³-hybridized carbons (Fsp3) is 0.571. The van der Waals surface area contributed by atoms with Crippen molar-refractivity contribution < 1.29 is 65.9 Å². The van der Waals surface area contributed by atoms with E-state index in [0.29, 0.717) is 22.8 Å². The molecule has 2 aliphatic heterocycles. The Morgan fingerprint density at radius 2 is 1.75 bits per heavy atom. The van der Waals surface area contributed by atoms with Gasteiger partial charge in [-0.1, -0.05) is 4.98 Å². The van der Waals surface area contributed by atoms with Gasteiger partial charge in [-0.2, -0.15) is 4.98 Å². The van der Waals surface area contributed by atoms with Crippen LogP contribution in [-0.4, -0.2) is 68.7 Å². The van der Waals surface area contributed by atoms with Crippen LogP contribution in [0.5, 0.6) is 0 Å². The maximum Gasteiger partial charge on any atom is 0.307 e. The van der Waals surface area contributed by atoms with Crippen LogP contribution in [0.2, 0.25) is 0 Å². The summed E-state index contributed by atoms with van der Waals surface area (Å²) in [7, 11) is -16.4. The molecule has 0 aromatic carbocycles. The van der Waals surface area contributed by atoms with Gasteiger partial charge in [0.25, 0.3) is 15.6 Å². The van der Waals surface area contributed by atoms with Gasteiger partial charge in [0.05, 0.1) is 14.4 Å². The van der Waals surface area contributed by atoms with E-state index in [1.54, 1.807) is 34.4 Å². The van der Waals surface area contributed by atoms with Crippen molar-refractivity contribution in [2.24, 2.45) is 5.10 Å². The number of aromatic nitrogens is 4. The molecule has 2 N–H and O–H groups in total. The van der Waals surface area contributed by atoms with Crippen LogP contribution < -0.4 is 29.1 Å². The van der Waals surface area contributed by atoms with Gasteiger partial charge in [-0.25, -0.2) is 18.5 Å².